The van der Waals surface area contributed by atoms with Crippen molar-refractivity contribution >= 4 is 22.8 Å². The predicted molar refractivity (Wildman–Crippen MR) is 74.7 cm³/mol. The summed E-state index contributed by atoms with van der Waals surface area (Å²) in [5.74, 6) is -0.969. The number of nitrogens with zero attached hydrogens (tertiary/aromatic N) is 2. The summed E-state index contributed by atoms with van der Waals surface area (Å²) >= 11 is 0. The smallest absolute Gasteiger partial charge is 0.311 e. The van der Waals surface area contributed by atoms with Gasteiger partial charge in [-0.1, -0.05) is 17.3 Å². The Labute approximate surface area is 121 Å². The van der Waals surface area contributed by atoms with Crippen LogP contribution in [0.3, 0.4) is 0 Å². The molecule has 0 aliphatic carbocycles. The Morgan fingerprint density at radius 1 is 1.43 bits per heavy atom. The Balaban J connectivity index is 1.74. The van der Waals surface area contributed by atoms with Gasteiger partial charge in [0.1, 0.15) is 5.69 Å². The van der Waals surface area contributed by atoms with Crippen molar-refractivity contribution in [3.8, 4) is 0 Å². The third kappa shape index (κ3) is 2.37. The average Bonchev–Trinajstić information content (AvgIpc) is 3.05. The van der Waals surface area contributed by atoms with Crippen LogP contribution >= 0.6 is 0 Å². The number of para-hydroxylation sites is 1. The number of hydrogen-bond donors (Lipinski definition) is 1. The molecule has 1 fully saturated rings. The number of fused-ring (bicyclic) bond motifs is 1. The van der Waals surface area contributed by atoms with Gasteiger partial charge in [-0.05, 0) is 25.5 Å². The topological polar surface area (TPSA) is 83.6 Å². The van der Waals surface area contributed by atoms with E-state index < -0.39 is 11.4 Å². The van der Waals surface area contributed by atoms with Crippen LogP contribution in [0.5, 0.6) is 0 Å². The lowest BCUT2D eigenvalue weighted by Gasteiger charge is -2.19. The van der Waals surface area contributed by atoms with Gasteiger partial charge in [-0.25, -0.2) is 0 Å². The van der Waals surface area contributed by atoms with Crippen LogP contribution in [0, 0.1) is 5.41 Å². The van der Waals surface area contributed by atoms with Crippen molar-refractivity contribution in [3.05, 3.63) is 30.0 Å². The number of likely N-dealkylation sites (tertiary alicyclic amines) is 1. The minimum Gasteiger partial charge on any atom is -0.481 e. The van der Waals surface area contributed by atoms with Crippen LogP contribution in [0.1, 0.15) is 19.0 Å². The monoisotopic (exact) mass is 288 g/mol. The zero-order valence-electron chi connectivity index (χ0n) is 11.7. The van der Waals surface area contributed by atoms with Crippen molar-refractivity contribution in [2.45, 2.75) is 19.8 Å². The molecule has 1 aromatic carbocycles. The van der Waals surface area contributed by atoms with Gasteiger partial charge in [-0.2, -0.15) is 0 Å². The fourth-order valence-corrected chi connectivity index (χ4v) is 2.67. The largest absolute Gasteiger partial charge is 0.481 e. The van der Waals surface area contributed by atoms with Crippen LogP contribution in [0.25, 0.3) is 11.0 Å². The minimum absolute atomic E-state index is 0.112. The average molecular weight is 288 g/mol. The molecule has 1 amide bonds. The van der Waals surface area contributed by atoms with Gasteiger partial charge in [0.15, 0.2) is 5.58 Å². The summed E-state index contributed by atoms with van der Waals surface area (Å²) in [7, 11) is 0. The molecule has 6 nitrogen and oxygen atoms in total. The van der Waals surface area contributed by atoms with Crippen LogP contribution in [0.15, 0.2) is 28.8 Å². The Morgan fingerprint density at radius 2 is 2.19 bits per heavy atom. The highest BCUT2D eigenvalue weighted by Crippen LogP contribution is 2.30. The van der Waals surface area contributed by atoms with Gasteiger partial charge >= 0.3 is 5.97 Å². The van der Waals surface area contributed by atoms with E-state index in [0.29, 0.717) is 24.2 Å². The molecule has 21 heavy (non-hydrogen) atoms. The van der Waals surface area contributed by atoms with Crippen molar-refractivity contribution in [2.24, 2.45) is 5.41 Å². The number of hydrogen-bond acceptors (Lipinski definition) is 4. The second-order valence-corrected chi connectivity index (χ2v) is 5.73. The molecule has 1 aliphatic heterocycles. The first-order valence-electron chi connectivity index (χ1n) is 6.84. The van der Waals surface area contributed by atoms with E-state index in [1.54, 1.807) is 17.9 Å². The lowest BCUT2D eigenvalue weighted by atomic mass is 9.90. The van der Waals surface area contributed by atoms with E-state index in [1.165, 1.54) is 0 Å². The number of rotatable bonds is 3. The molecule has 0 bridgehead atoms. The summed E-state index contributed by atoms with van der Waals surface area (Å²) in [5, 5.41) is 14.0. The van der Waals surface area contributed by atoms with E-state index in [9.17, 15) is 14.7 Å². The van der Waals surface area contributed by atoms with E-state index in [0.717, 1.165) is 5.39 Å². The normalized spacial score (nSPS) is 21.9. The van der Waals surface area contributed by atoms with Gasteiger partial charge in [0.2, 0.25) is 5.91 Å². The molecule has 110 valence electrons. The van der Waals surface area contributed by atoms with E-state index in [4.69, 9.17) is 4.52 Å². The van der Waals surface area contributed by atoms with Crippen molar-refractivity contribution < 1.29 is 19.2 Å². The fraction of sp³-hybridized carbons (Fsp3) is 0.400. The summed E-state index contributed by atoms with van der Waals surface area (Å²) in [5.41, 5.74) is 0.401. The van der Waals surface area contributed by atoms with Gasteiger partial charge in [0, 0.05) is 18.5 Å². The Kier molecular flexibility index (Phi) is 3.16. The number of aromatic nitrogens is 1. The van der Waals surface area contributed by atoms with Gasteiger partial charge in [0.25, 0.3) is 0 Å². The van der Waals surface area contributed by atoms with Gasteiger partial charge in [-0.15, -0.1) is 0 Å². The van der Waals surface area contributed by atoms with Crippen molar-refractivity contribution in [1.29, 1.82) is 0 Å². The highest BCUT2D eigenvalue weighted by atomic mass is 16.5. The first-order valence-corrected chi connectivity index (χ1v) is 6.84. The summed E-state index contributed by atoms with van der Waals surface area (Å²) in [4.78, 5) is 25.1. The molecule has 2 aromatic rings. The molecule has 1 saturated heterocycles. The standard InChI is InChI=1S/C15H16N2O4/c1-15(14(19)20)6-7-17(9-15)13(18)8-11-10-4-2-3-5-12(10)21-16-11/h2-5H,6-9H2,1H3,(H,19,20)/t15-/m1/s1. The van der Waals surface area contributed by atoms with Crippen LogP contribution in [0.4, 0.5) is 0 Å². The quantitative estimate of drug-likeness (QED) is 0.929. The van der Waals surface area contributed by atoms with E-state index in [2.05, 4.69) is 5.16 Å². The molecule has 0 saturated carbocycles. The van der Waals surface area contributed by atoms with Crippen LogP contribution in [0.2, 0.25) is 0 Å². The second-order valence-electron chi connectivity index (χ2n) is 5.73. The van der Waals surface area contributed by atoms with Gasteiger partial charge < -0.3 is 14.5 Å². The zero-order chi connectivity index (χ0) is 15.0. The molecule has 6 heteroatoms. The maximum Gasteiger partial charge on any atom is 0.311 e. The molecule has 1 N–H and O–H groups in total. The van der Waals surface area contributed by atoms with Crippen LogP contribution < -0.4 is 0 Å². The summed E-state index contributed by atoms with van der Waals surface area (Å²) in [6.45, 7) is 2.39. The summed E-state index contributed by atoms with van der Waals surface area (Å²) < 4.78 is 5.18. The first-order chi connectivity index (χ1) is 9.99. The van der Waals surface area contributed by atoms with E-state index in [-0.39, 0.29) is 18.9 Å². The highest BCUT2D eigenvalue weighted by molar-refractivity contribution is 5.87. The molecular weight excluding hydrogens is 272 g/mol. The van der Waals surface area contributed by atoms with Crippen LogP contribution in [-0.4, -0.2) is 40.1 Å². The second kappa shape index (κ2) is 4.87. The number of aliphatic carboxylic acids is 1. The van der Waals surface area contributed by atoms with Crippen LogP contribution in [-0.2, 0) is 16.0 Å². The fourth-order valence-electron chi connectivity index (χ4n) is 2.67. The number of carboxylic acid groups (broad SMARTS) is 1. The number of carbonyl (C=O) groups excluding carboxylic acids is 1. The lowest BCUT2D eigenvalue weighted by molar-refractivity contribution is -0.147. The number of benzene rings is 1. The molecule has 1 aromatic heterocycles. The first kappa shape index (κ1) is 13.6. The highest BCUT2D eigenvalue weighted by Gasteiger charge is 2.42. The lowest BCUT2D eigenvalue weighted by Crippen LogP contribution is -2.35. The molecule has 2 heterocycles. The van der Waals surface area contributed by atoms with Crippen molar-refractivity contribution in [3.63, 3.8) is 0 Å². The summed E-state index contributed by atoms with van der Waals surface area (Å²) in [6, 6.07) is 7.37. The minimum atomic E-state index is -0.857. The third-order valence-corrected chi connectivity index (χ3v) is 4.11. The SMILES string of the molecule is C[C@@]1(C(=O)O)CCN(C(=O)Cc2noc3ccccc23)C1. The molecular formula is C15H16N2O4. The molecule has 0 radical (unpaired) electrons. The van der Waals surface area contributed by atoms with Crippen molar-refractivity contribution in [1.82, 2.24) is 10.1 Å². The molecule has 1 aliphatic rings. The molecule has 1 atom stereocenters. The number of carbonyl (C=O) groups is 2. The Hall–Kier alpha value is -2.37. The van der Waals surface area contributed by atoms with Gasteiger partial charge in [-0.3, -0.25) is 9.59 Å². The molecule has 0 unspecified atom stereocenters. The van der Waals surface area contributed by atoms with E-state index in [1.807, 2.05) is 18.2 Å². The number of amides is 1. The van der Waals surface area contributed by atoms with Gasteiger partial charge in [0.05, 0.1) is 11.8 Å². The Bertz CT molecular complexity index is 709. The van der Waals surface area contributed by atoms with Crippen molar-refractivity contribution in [2.75, 3.05) is 13.1 Å². The Morgan fingerprint density at radius 3 is 2.90 bits per heavy atom. The molecule has 3 rings (SSSR count). The predicted octanol–water partition coefficient (Wildman–Crippen LogP) is 1.69. The summed E-state index contributed by atoms with van der Waals surface area (Å²) in [6.07, 6.45) is 0.611. The zero-order valence-corrected chi connectivity index (χ0v) is 11.7. The molecule has 0 spiro atoms. The number of carboxylic acids is 1. The maximum atomic E-state index is 12.3. The maximum absolute atomic E-state index is 12.3. The third-order valence-electron chi connectivity index (χ3n) is 4.11. The van der Waals surface area contributed by atoms with E-state index >= 15 is 0 Å².